The number of nitrogens with two attached hydrogens (primary N) is 1. The minimum atomic E-state index is -0.228. The van der Waals surface area contributed by atoms with E-state index in [9.17, 15) is 4.79 Å². The lowest BCUT2D eigenvalue weighted by Gasteiger charge is -2.08. The molecule has 0 aliphatic carbocycles. The molecule has 0 unspecified atom stereocenters. The van der Waals surface area contributed by atoms with Crippen molar-refractivity contribution in [1.82, 2.24) is 0 Å². The molecule has 17 heavy (non-hydrogen) atoms. The zero-order valence-corrected chi connectivity index (χ0v) is 10.5. The van der Waals surface area contributed by atoms with Crippen LogP contribution < -0.4 is 15.8 Å². The van der Waals surface area contributed by atoms with E-state index in [4.69, 9.17) is 15.2 Å². The van der Waals surface area contributed by atoms with E-state index in [-0.39, 0.29) is 24.9 Å². The lowest BCUT2D eigenvalue weighted by Crippen LogP contribution is -2.21. The molecule has 0 aliphatic heterocycles. The number of rotatable bonds is 6. The average molecular weight is 261 g/mol. The van der Waals surface area contributed by atoms with Crippen molar-refractivity contribution in [2.75, 3.05) is 32.2 Å². The van der Waals surface area contributed by atoms with Crippen LogP contribution in [0.2, 0.25) is 0 Å². The maximum atomic E-state index is 11.1. The van der Waals surface area contributed by atoms with Crippen LogP contribution in [0.1, 0.15) is 0 Å². The van der Waals surface area contributed by atoms with Crippen LogP contribution in [-0.2, 0) is 9.53 Å². The molecule has 0 atom stereocenters. The summed E-state index contributed by atoms with van der Waals surface area (Å²) in [4.78, 5) is 11.1. The zero-order valence-electron chi connectivity index (χ0n) is 9.64. The number of carbonyl (C=O) groups is 1. The molecule has 3 N–H and O–H groups in total. The van der Waals surface area contributed by atoms with Gasteiger partial charge in [0.15, 0.2) is 0 Å². The Balaban J connectivity index is 0.00000256. The molecule has 0 fully saturated rings. The zero-order chi connectivity index (χ0) is 11.8. The normalized spacial score (nSPS) is 9.29. The number of carbonyl (C=O) groups excluding carboxylic acids is 1. The van der Waals surface area contributed by atoms with Gasteiger partial charge in [-0.05, 0) is 12.1 Å². The van der Waals surface area contributed by atoms with Gasteiger partial charge in [-0.1, -0.05) is 6.07 Å². The number of methoxy groups -OCH3 is 1. The largest absolute Gasteiger partial charge is 0.491 e. The Morgan fingerprint density at radius 3 is 2.82 bits per heavy atom. The quantitative estimate of drug-likeness (QED) is 0.750. The summed E-state index contributed by atoms with van der Waals surface area (Å²) in [6.07, 6.45) is 0. The van der Waals surface area contributed by atoms with E-state index < -0.39 is 0 Å². The highest BCUT2D eigenvalue weighted by Gasteiger charge is 2.00. The van der Waals surface area contributed by atoms with Gasteiger partial charge >= 0.3 is 0 Å². The highest BCUT2D eigenvalue weighted by Crippen LogP contribution is 2.16. The fraction of sp³-hybridized carbons (Fsp3) is 0.364. The molecule has 5 nitrogen and oxygen atoms in total. The lowest BCUT2D eigenvalue weighted by molar-refractivity contribution is -0.114. The van der Waals surface area contributed by atoms with E-state index in [1.54, 1.807) is 25.3 Å². The smallest absolute Gasteiger partial charge is 0.238 e. The topological polar surface area (TPSA) is 73.6 Å². The molecule has 0 aromatic heterocycles. The van der Waals surface area contributed by atoms with Gasteiger partial charge in [-0.3, -0.25) is 4.79 Å². The van der Waals surface area contributed by atoms with Gasteiger partial charge < -0.3 is 20.5 Å². The fourth-order valence-corrected chi connectivity index (χ4v) is 1.12. The molecule has 96 valence electrons. The van der Waals surface area contributed by atoms with Crippen molar-refractivity contribution in [2.45, 2.75) is 0 Å². The van der Waals surface area contributed by atoms with Gasteiger partial charge in [-0.2, -0.15) is 0 Å². The molecule has 1 aromatic carbocycles. The van der Waals surface area contributed by atoms with Gasteiger partial charge in [0.05, 0.1) is 13.2 Å². The molecule has 0 heterocycles. The summed E-state index contributed by atoms with van der Waals surface area (Å²) >= 11 is 0. The standard InChI is InChI=1S/C11H16N2O3.ClH/c1-15-5-6-16-10-4-2-3-9(7-10)13-11(14)8-12;/h2-4,7H,5-6,8,12H2,1H3,(H,13,14);1H. The van der Waals surface area contributed by atoms with E-state index in [2.05, 4.69) is 5.32 Å². The first kappa shape index (κ1) is 15.7. The van der Waals surface area contributed by atoms with E-state index in [0.29, 0.717) is 24.7 Å². The van der Waals surface area contributed by atoms with Crippen LogP contribution in [0.15, 0.2) is 24.3 Å². The minimum Gasteiger partial charge on any atom is -0.491 e. The van der Waals surface area contributed by atoms with Crippen molar-refractivity contribution < 1.29 is 14.3 Å². The molecule has 0 aliphatic rings. The van der Waals surface area contributed by atoms with Crippen LogP contribution in [0.4, 0.5) is 5.69 Å². The number of hydrogen-bond donors (Lipinski definition) is 2. The summed E-state index contributed by atoms with van der Waals surface area (Å²) in [5.41, 5.74) is 5.87. The Morgan fingerprint density at radius 2 is 2.18 bits per heavy atom. The maximum Gasteiger partial charge on any atom is 0.238 e. The molecular formula is C11H17ClN2O3. The van der Waals surface area contributed by atoms with E-state index in [1.165, 1.54) is 0 Å². The van der Waals surface area contributed by atoms with Crippen LogP contribution in [0.5, 0.6) is 5.75 Å². The molecule has 0 spiro atoms. The Hall–Kier alpha value is -1.30. The SMILES string of the molecule is COCCOc1cccc(NC(=O)CN)c1.Cl. The third-order valence-electron chi connectivity index (χ3n) is 1.86. The van der Waals surface area contributed by atoms with Gasteiger partial charge in [0.2, 0.25) is 5.91 Å². The minimum absolute atomic E-state index is 0. The first-order chi connectivity index (χ1) is 7.76. The third kappa shape index (κ3) is 6.11. The number of anilines is 1. The van der Waals surface area contributed by atoms with E-state index >= 15 is 0 Å². The second kappa shape index (κ2) is 8.81. The van der Waals surface area contributed by atoms with Gasteiger partial charge in [0.25, 0.3) is 0 Å². The van der Waals surface area contributed by atoms with Crippen molar-refractivity contribution in [3.63, 3.8) is 0 Å². The van der Waals surface area contributed by atoms with Gasteiger partial charge in [0.1, 0.15) is 12.4 Å². The van der Waals surface area contributed by atoms with Crippen molar-refractivity contribution in [2.24, 2.45) is 5.73 Å². The van der Waals surface area contributed by atoms with Crippen LogP contribution in [0.25, 0.3) is 0 Å². The summed E-state index contributed by atoms with van der Waals surface area (Å²) in [7, 11) is 1.61. The highest BCUT2D eigenvalue weighted by molar-refractivity contribution is 5.92. The molecule has 6 heteroatoms. The van der Waals surface area contributed by atoms with Crippen molar-refractivity contribution in [3.8, 4) is 5.75 Å². The third-order valence-corrected chi connectivity index (χ3v) is 1.86. The van der Waals surface area contributed by atoms with Gasteiger partial charge in [0, 0.05) is 18.9 Å². The average Bonchev–Trinajstić information content (AvgIpc) is 2.30. The molecule has 0 bridgehead atoms. The van der Waals surface area contributed by atoms with E-state index in [0.717, 1.165) is 0 Å². The maximum absolute atomic E-state index is 11.1. The monoisotopic (exact) mass is 260 g/mol. The number of halogens is 1. The first-order valence-corrected chi connectivity index (χ1v) is 4.98. The molecular weight excluding hydrogens is 244 g/mol. The predicted octanol–water partition coefficient (Wildman–Crippen LogP) is 1.03. The van der Waals surface area contributed by atoms with Crippen LogP contribution >= 0.6 is 12.4 Å². The second-order valence-electron chi connectivity index (χ2n) is 3.12. The number of hydrogen-bond acceptors (Lipinski definition) is 4. The van der Waals surface area contributed by atoms with Crippen LogP contribution in [0, 0.1) is 0 Å². The summed E-state index contributed by atoms with van der Waals surface area (Å²) in [6.45, 7) is 0.971. The van der Waals surface area contributed by atoms with Crippen molar-refractivity contribution in [3.05, 3.63) is 24.3 Å². The van der Waals surface area contributed by atoms with Crippen molar-refractivity contribution >= 4 is 24.0 Å². The molecule has 0 saturated heterocycles. The molecule has 1 amide bonds. The molecule has 0 saturated carbocycles. The fourth-order valence-electron chi connectivity index (χ4n) is 1.12. The number of benzene rings is 1. The highest BCUT2D eigenvalue weighted by atomic mass is 35.5. The Kier molecular flexibility index (Phi) is 8.13. The number of amides is 1. The Bertz CT molecular complexity index is 347. The predicted molar refractivity (Wildman–Crippen MR) is 68.7 cm³/mol. The number of ether oxygens (including phenoxy) is 2. The molecule has 0 radical (unpaired) electrons. The Morgan fingerprint density at radius 1 is 1.41 bits per heavy atom. The van der Waals surface area contributed by atoms with Crippen LogP contribution in [-0.4, -0.2) is 32.8 Å². The van der Waals surface area contributed by atoms with Crippen molar-refractivity contribution in [1.29, 1.82) is 0 Å². The van der Waals surface area contributed by atoms with Gasteiger partial charge in [-0.15, -0.1) is 12.4 Å². The summed E-state index contributed by atoms with van der Waals surface area (Å²) in [5.74, 6) is 0.459. The summed E-state index contributed by atoms with van der Waals surface area (Å²) in [6, 6.07) is 7.13. The van der Waals surface area contributed by atoms with E-state index in [1.807, 2.05) is 6.07 Å². The first-order valence-electron chi connectivity index (χ1n) is 4.98. The van der Waals surface area contributed by atoms with Crippen LogP contribution in [0.3, 0.4) is 0 Å². The number of nitrogens with one attached hydrogen (secondary N) is 1. The van der Waals surface area contributed by atoms with Gasteiger partial charge in [-0.25, -0.2) is 0 Å². The summed E-state index contributed by atoms with van der Waals surface area (Å²) in [5, 5.41) is 2.65. The molecule has 1 rings (SSSR count). The molecule has 1 aromatic rings. The Labute approximate surface area is 107 Å². The second-order valence-corrected chi connectivity index (χ2v) is 3.12. The lowest BCUT2D eigenvalue weighted by atomic mass is 10.3. The summed E-state index contributed by atoms with van der Waals surface area (Å²) < 4.78 is 10.3.